The summed E-state index contributed by atoms with van der Waals surface area (Å²) < 4.78 is 38.1. The van der Waals surface area contributed by atoms with E-state index in [-0.39, 0.29) is 18.1 Å². The Labute approximate surface area is 174 Å². The number of likely N-dealkylation sites (tertiary alicyclic amines) is 1. The number of halogens is 3. The fourth-order valence-electron chi connectivity index (χ4n) is 3.25. The molecule has 4 nitrogen and oxygen atoms in total. The highest BCUT2D eigenvalue weighted by Gasteiger charge is 2.30. The normalized spacial score (nSPS) is 14.1. The summed E-state index contributed by atoms with van der Waals surface area (Å²) in [6.45, 7) is 3.69. The number of alkyl halides is 3. The van der Waals surface area contributed by atoms with Crippen LogP contribution in [0.3, 0.4) is 0 Å². The number of nitrogens with zero attached hydrogens (tertiary/aromatic N) is 1. The largest absolute Gasteiger partial charge is 0.416 e. The van der Waals surface area contributed by atoms with E-state index in [9.17, 15) is 18.0 Å². The fourth-order valence-corrected chi connectivity index (χ4v) is 3.25. The smallest absolute Gasteiger partial charge is 0.334 e. The lowest BCUT2D eigenvalue weighted by Crippen LogP contribution is -2.35. The Balaban J connectivity index is 1.40. The van der Waals surface area contributed by atoms with Gasteiger partial charge in [0, 0.05) is 18.7 Å². The molecule has 1 aliphatic rings. The van der Waals surface area contributed by atoms with Gasteiger partial charge in [-0.05, 0) is 55.3 Å². The first-order valence-corrected chi connectivity index (χ1v) is 9.88. The highest BCUT2D eigenvalue weighted by Crippen LogP contribution is 2.29. The van der Waals surface area contributed by atoms with Gasteiger partial charge in [0.25, 0.3) is 0 Å². The highest BCUT2D eigenvalue weighted by molar-refractivity contribution is 5.74. The topological polar surface area (TPSA) is 44.4 Å². The molecule has 0 aliphatic carbocycles. The van der Waals surface area contributed by atoms with Crippen molar-refractivity contribution in [1.29, 1.82) is 0 Å². The minimum Gasteiger partial charge on any atom is -0.334 e. The summed E-state index contributed by atoms with van der Waals surface area (Å²) in [5, 5.41) is 5.32. The fraction of sp³-hybridized carbons (Fsp3) is 0.348. The van der Waals surface area contributed by atoms with Gasteiger partial charge in [0.1, 0.15) is 0 Å². The van der Waals surface area contributed by atoms with Gasteiger partial charge in [-0.2, -0.15) is 13.2 Å². The second-order valence-electron chi connectivity index (χ2n) is 7.22. The quantitative estimate of drug-likeness (QED) is 0.721. The molecule has 1 aliphatic heterocycles. The summed E-state index contributed by atoms with van der Waals surface area (Å²) in [6, 6.07) is 12.6. The van der Waals surface area contributed by atoms with E-state index in [0.717, 1.165) is 37.3 Å². The van der Waals surface area contributed by atoms with Crippen LogP contribution in [-0.4, -0.2) is 30.6 Å². The predicted molar refractivity (Wildman–Crippen MR) is 110 cm³/mol. The predicted octanol–water partition coefficient (Wildman–Crippen LogP) is 4.15. The number of rotatable bonds is 5. The zero-order valence-electron chi connectivity index (χ0n) is 16.6. The number of urea groups is 1. The van der Waals surface area contributed by atoms with Crippen LogP contribution in [0.25, 0.3) is 0 Å². The molecule has 0 aromatic heterocycles. The van der Waals surface area contributed by atoms with Gasteiger partial charge in [-0.3, -0.25) is 4.90 Å². The Morgan fingerprint density at radius 3 is 2.40 bits per heavy atom. The van der Waals surface area contributed by atoms with Crippen LogP contribution in [0, 0.1) is 11.8 Å². The Kier molecular flexibility index (Phi) is 7.36. The Hall–Kier alpha value is -2.98. The summed E-state index contributed by atoms with van der Waals surface area (Å²) in [5.74, 6) is 5.28. The first kappa shape index (κ1) is 21.7. The molecule has 1 heterocycles. The minimum absolute atomic E-state index is 0.0385. The van der Waals surface area contributed by atoms with Gasteiger partial charge in [0.15, 0.2) is 0 Å². The summed E-state index contributed by atoms with van der Waals surface area (Å²) in [6.07, 6.45) is -1.87. The Bertz CT molecular complexity index is 908. The van der Waals surface area contributed by atoms with Crippen LogP contribution in [-0.2, 0) is 19.3 Å². The number of benzene rings is 2. The van der Waals surface area contributed by atoms with E-state index >= 15 is 0 Å². The molecule has 30 heavy (non-hydrogen) atoms. The van der Waals surface area contributed by atoms with E-state index < -0.39 is 11.7 Å². The van der Waals surface area contributed by atoms with Crippen molar-refractivity contribution >= 4 is 6.03 Å². The Morgan fingerprint density at radius 2 is 1.70 bits per heavy atom. The number of carbonyl (C=O) groups is 1. The third-order valence-corrected chi connectivity index (χ3v) is 4.84. The lowest BCUT2D eigenvalue weighted by Gasteiger charge is -2.14. The van der Waals surface area contributed by atoms with Gasteiger partial charge >= 0.3 is 12.2 Å². The van der Waals surface area contributed by atoms with Gasteiger partial charge in [-0.15, -0.1) is 0 Å². The first-order valence-electron chi connectivity index (χ1n) is 9.88. The molecule has 0 spiro atoms. The van der Waals surface area contributed by atoms with Gasteiger partial charge in [0.05, 0.1) is 12.1 Å². The van der Waals surface area contributed by atoms with Crippen LogP contribution < -0.4 is 10.6 Å². The molecule has 158 valence electrons. The van der Waals surface area contributed by atoms with Crippen molar-refractivity contribution in [3.8, 4) is 11.8 Å². The van der Waals surface area contributed by atoms with E-state index in [1.165, 1.54) is 30.5 Å². The summed E-state index contributed by atoms with van der Waals surface area (Å²) in [7, 11) is 0. The molecular weight excluding hydrogens is 391 g/mol. The van der Waals surface area contributed by atoms with Gasteiger partial charge in [0.2, 0.25) is 0 Å². The molecule has 0 saturated carbocycles. The number of hydrogen-bond donors (Lipinski definition) is 2. The van der Waals surface area contributed by atoms with E-state index in [1.54, 1.807) is 0 Å². The summed E-state index contributed by atoms with van der Waals surface area (Å²) in [5.41, 5.74) is 1.76. The van der Waals surface area contributed by atoms with E-state index in [4.69, 9.17) is 0 Å². The third kappa shape index (κ3) is 6.82. The number of nitrogens with one attached hydrogen (secondary N) is 2. The number of carbonyl (C=O) groups excluding carboxylic acids is 1. The average molecular weight is 415 g/mol. The molecule has 3 rings (SSSR count). The molecule has 0 unspecified atom stereocenters. The second kappa shape index (κ2) is 10.2. The maximum Gasteiger partial charge on any atom is 0.416 e. The van der Waals surface area contributed by atoms with Crippen LogP contribution in [0.1, 0.15) is 35.1 Å². The first-order chi connectivity index (χ1) is 14.4. The standard InChI is InChI=1S/C23H24F3N3O/c24-23(25,26)21-7-3-5-18(15-21)6-4-12-27-22(30)28-16-19-8-10-20(11-9-19)17-29-13-1-2-14-29/h3,5,7-11,15H,1-2,12-14,16-17H2,(H2,27,28,30). The van der Waals surface area contributed by atoms with Crippen LogP contribution >= 0.6 is 0 Å². The molecule has 2 aromatic rings. The van der Waals surface area contributed by atoms with E-state index in [1.807, 2.05) is 12.1 Å². The van der Waals surface area contributed by atoms with Crippen molar-refractivity contribution in [1.82, 2.24) is 15.5 Å². The van der Waals surface area contributed by atoms with Crippen LogP contribution in [0.5, 0.6) is 0 Å². The summed E-state index contributed by atoms with van der Waals surface area (Å²) >= 11 is 0. The second-order valence-corrected chi connectivity index (χ2v) is 7.22. The van der Waals surface area contributed by atoms with Gasteiger partial charge < -0.3 is 10.6 Å². The highest BCUT2D eigenvalue weighted by atomic mass is 19.4. The molecule has 2 aromatic carbocycles. The monoisotopic (exact) mass is 415 g/mol. The maximum absolute atomic E-state index is 12.7. The molecular formula is C23H24F3N3O. The zero-order valence-corrected chi connectivity index (χ0v) is 16.6. The maximum atomic E-state index is 12.7. The number of amides is 2. The van der Waals surface area contributed by atoms with Crippen molar-refractivity contribution in [3.05, 3.63) is 70.8 Å². The SMILES string of the molecule is O=C(NCC#Cc1cccc(C(F)(F)F)c1)NCc1ccc(CN2CCCC2)cc1. The molecule has 0 radical (unpaired) electrons. The lowest BCUT2D eigenvalue weighted by atomic mass is 10.1. The van der Waals surface area contributed by atoms with Gasteiger partial charge in [-0.25, -0.2) is 4.79 Å². The van der Waals surface area contributed by atoms with Crippen LogP contribution in [0.15, 0.2) is 48.5 Å². The third-order valence-electron chi connectivity index (χ3n) is 4.84. The average Bonchev–Trinajstić information content (AvgIpc) is 3.23. The molecule has 0 bridgehead atoms. The van der Waals surface area contributed by atoms with Crippen LogP contribution in [0.4, 0.5) is 18.0 Å². The lowest BCUT2D eigenvalue weighted by molar-refractivity contribution is -0.137. The Morgan fingerprint density at radius 1 is 1.00 bits per heavy atom. The van der Waals surface area contributed by atoms with Crippen molar-refractivity contribution in [2.75, 3.05) is 19.6 Å². The molecule has 7 heteroatoms. The van der Waals surface area contributed by atoms with E-state index in [2.05, 4.69) is 39.5 Å². The molecule has 2 amide bonds. The van der Waals surface area contributed by atoms with Crippen molar-refractivity contribution in [3.63, 3.8) is 0 Å². The summed E-state index contributed by atoms with van der Waals surface area (Å²) in [4.78, 5) is 14.3. The van der Waals surface area contributed by atoms with E-state index in [0.29, 0.717) is 6.54 Å². The minimum atomic E-state index is -4.40. The molecule has 1 fully saturated rings. The van der Waals surface area contributed by atoms with Gasteiger partial charge in [-0.1, -0.05) is 42.2 Å². The number of hydrogen-bond acceptors (Lipinski definition) is 2. The zero-order chi connectivity index (χ0) is 21.4. The molecule has 2 N–H and O–H groups in total. The van der Waals surface area contributed by atoms with Crippen molar-refractivity contribution < 1.29 is 18.0 Å². The molecule has 0 atom stereocenters. The molecule has 1 saturated heterocycles. The van der Waals surface area contributed by atoms with Crippen LogP contribution in [0.2, 0.25) is 0 Å². The van der Waals surface area contributed by atoms with Crippen molar-refractivity contribution in [2.24, 2.45) is 0 Å². The van der Waals surface area contributed by atoms with Crippen molar-refractivity contribution in [2.45, 2.75) is 32.1 Å².